The van der Waals surface area contributed by atoms with Crippen molar-refractivity contribution in [2.45, 2.75) is 13.3 Å². The molecule has 0 radical (unpaired) electrons. The number of aryl methyl sites for hydroxylation is 1. The first-order chi connectivity index (χ1) is 6.25. The van der Waals surface area contributed by atoms with Crippen LogP contribution in [0.5, 0.6) is 0 Å². The number of rotatable bonds is 4. The van der Waals surface area contributed by atoms with Crippen LogP contribution >= 0.6 is 0 Å². The van der Waals surface area contributed by atoms with Crippen LogP contribution in [0.25, 0.3) is 0 Å². The van der Waals surface area contributed by atoms with Crippen LogP contribution in [0.2, 0.25) is 0 Å². The molecule has 0 aromatic carbocycles. The molecule has 13 heavy (non-hydrogen) atoms. The first kappa shape index (κ1) is 9.86. The van der Waals surface area contributed by atoms with E-state index in [1.54, 1.807) is 19.5 Å². The summed E-state index contributed by atoms with van der Waals surface area (Å²) in [5.74, 6) is 0.0902. The lowest BCUT2D eigenvalue weighted by Gasteiger charge is -2.02. The molecule has 0 amide bonds. The normalized spacial score (nSPS) is 10.0. The smallest absolute Gasteiger partial charge is 0.166 e. The summed E-state index contributed by atoms with van der Waals surface area (Å²) in [6.45, 7) is 2.37. The van der Waals surface area contributed by atoms with Crippen LogP contribution < -0.4 is 0 Å². The zero-order valence-electron chi connectivity index (χ0n) is 7.91. The lowest BCUT2D eigenvalue weighted by Crippen LogP contribution is -2.05. The number of hydrogen-bond donors (Lipinski definition) is 0. The molecule has 0 aliphatic rings. The minimum Gasteiger partial charge on any atom is -0.384 e. The summed E-state index contributed by atoms with van der Waals surface area (Å²) in [4.78, 5) is 15.4. The van der Waals surface area contributed by atoms with Gasteiger partial charge in [-0.05, 0) is 18.6 Å². The molecule has 3 heteroatoms. The van der Waals surface area contributed by atoms with Crippen LogP contribution in [0, 0.1) is 6.92 Å². The van der Waals surface area contributed by atoms with E-state index in [4.69, 9.17) is 4.74 Å². The Morgan fingerprint density at radius 2 is 2.38 bits per heavy atom. The molecule has 0 fully saturated rings. The minimum absolute atomic E-state index is 0.0902. The molecule has 1 aromatic rings. The fourth-order valence-electron chi connectivity index (χ4n) is 1.09. The minimum atomic E-state index is 0.0902. The molecule has 1 aromatic heterocycles. The van der Waals surface area contributed by atoms with Crippen molar-refractivity contribution in [1.82, 2.24) is 4.98 Å². The molecule has 3 nitrogen and oxygen atoms in total. The predicted octanol–water partition coefficient (Wildman–Crippen LogP) is 1.61. The number of ketones is 1. The van der Waals surface area contributed by atoms with Crippen molar-refractivity contribution in [2.24, 2.45) is 0 Å². The van der Waals surface area contributed by atoms with E-state index in [0.29, 0.717) is 18.6 Å². The number of nitrogens with zero attached hydrogens (tertiary/aromatic N) is 1. The van der Waals surface area contributed by atoms with Gasteiger partial charge in [0.05, 0.1) is 6.61 Å². The van der Waals surface area contributed by atoms with Gasteiger partial charge in [0.2, 0.25) is 0 Å². The average Bonchev–Trinajstić information content (AvgIpc) is 2.15. The van der Waals surface area contributed by atoms with Gasteiger partial charge in [-0.1, -0.05) is 0 Å². The molecule has 0 N–H and O–H groups in total. The number of ether oxygens (including phenoxy) is 1. The zero-order valence-corrected chi connectivity index (χ0v) is 7.91. The molecule has 0 bridgehead atoms. The maximum Gasteiger partial charge on any atom is 0.166 e. The Balaban J connectivity index is 2.71. The number of hydrogen-bond acceptors (Lipinski definition) is 3. The molecule has 0 spiro atoms. The quantitative estimate of drug-likeness (QED) is 0.659. The molecular formula is C10H13NO2. The second kappa shape index (κ2) is 4.72. The summed E-state index contributed by atoms with van der Waals surface area (Å²) in [7, 11) is 1.59. The van der Waals surface area contributed by atoms with Gasteiger partial charge in [0.15, 0.2) is 5.78 Å². The standard InChI is InChI=1S/C10H13NO2/c1-8-3-5-11-7-9(8)10(12)4-6-13-2/h3,5,7H,4,6H2,1-2H3. The molecule has 70 valence electrons. The second-order valence-electron chi connectivity index (χ2n) is 2.86. The van der Waals surface area contributed by atoms with E-state index in [-0.39, 0.29) is 5.78 Å². The Morgan fingerprint density at radius 3 is 3.00 bits per heavy atom. The third-order valence-corrected chi connectivity index (χ3v) is 1.87. The van der Waals surface area contributed by atoms with Crippen LogP contribution in [-0.2, 0) is 4.74 Å². The zero-order chi connectivity index (χ0) is 9.68. The monoisotopic (exact) mass is 179 g/mol. The first-order valence-corrected chi connectivity index (χ1v) is 4.18. The lowest BCUT2D eigenvalue weighted by atomic mass is 10.1. The van der Waals surface area contributed by atoms with Crippen LogP contribution in [0.4, 0.5) is 0 Å². The second-order valence-corrected chi connectivity index (χ2v) is 2.86. The molecule has 0 saturated carbocycles. The number of carbonyl (C=O) groups is 1. The molecular weight excluding hydrogens is 166 g/mol. The highest BCUT2D eigenvalue weighted by atomic mass is 16.5. The van der Waals surface area contributed by atoms with Crippen LogP contribution in [0.3, 0.4) is 0 Å². The van der Waals surface area contributed by atoms with E-state index in [9.17, 15) is 4.79 Å². The highest BCUT2D eigenvalue weighted by Gasteiger charge is 2.07. The fraction of sp³-hybridized carbons (Fsp3) is 0.400. The number of pyridine rings is 1. The maximum absolute atomic E-state index is 11.5. The van der Waals surface area contributed by atoms with Gasteiger partial charge in [0.1, 0.15) is 0 Å². The van der Waals surface area contributed by atoms with Gasteiger partial charge in [0, 0.05) is 31.5 Å². The van der Waals surface area contributed by atoms with E-state index in [1.807, 2.05) is 13.0 Å². The largest absolute Gasteiger partial charge is 0.384 e. The predicted molar refractivity (Wildman–Crippen MR) is 49.8 cm³/mol. The number of Topliss-reactive ketones (excluding diaryl/α,β-unsaturated/α-hetero) is 1. The molecule has 0 aliphatic heterocycles. The summed E-state index contributed by atoms with van der Waals surface area (Å²) in [5.41, 5.74) is 1.66. The fourth-order valence-corrected chi connectivity index (χ4v) is 1.09. The van der Waals surface area contributed by atoms with Crippen LogP contribution in [0.15, 0.2) is 18.5 Å². The summed E-state index contributed by atoms with van der Waals surface area (Å²) in [6.07, 6.45) is 3.71. The van der Waals surface area contributed by atoms with Crippen LogP contribution in [0.1, 0.15) is 22.3 Å². The third kappa shape index (κ3) is 2.63. The summed E-state index contributed by atoms with van der Waals surface area (Å²) < 4.78 is 4.83. The van der Waals surface area contributed by atoms with Gasteiger partial charge in [-0.3, -0.25) is 9.78 Å². The van der Waals surface area contributed by atoms with Gasteiger partial charge in [-0.15, -0.1) is 0 Å². The Morgan fingerprint density at radius 1 is 1.62 bits per heavy atom. The van der Waals surface area contributed by atoms with Crippen LogP contribution in [-0.4, -0.2) is 24.5 Å². The number of carbonyl (C=O) groups excluding carboxylic acids is 1. The molecule has 1 rings (SSSR count). The highest BCUT2D eigenvalue weighted by Crippen LogP contribution is 2.07. The number of methoxy groups -OCH3 is 1. The molecule has 1 heterocycles. The topological polar surface area (TPSA) is 39.2 Å². The Labute approximate surface area is 77.8 Å². The van der Waals surface area contributed by atoms with E-state index in [0.717, 1.165) is 5.56 Å². The van der Waals surface area contributed by atoms with Crippen molar-refractivity contribution in [2.75, 3.05) is 13.7 Å². The van der Waals surface area contributed by atoms with E-state index >= 15 is 0 Å². The Bertz CT molecular complexity index is 297. The first-order valence-electron chi connectivity index (χ1n) is 4.18. The van der Waals surface area contributed by atoms with Crippen molar-refractivity contribution in [3.05, 3.63) is 29.6 Å². The van der Waals surface area contributed by atoms with Gasteiger partial charge in [-0.2, -0.15) is 0 Å². The Hall–Kier alpha value is -1.22. The van der Waals surface area contributed by atoms with E-state index in [2.05, 4.69) is 4.98 Å². The highest BCUT2D eigenvalue weighted by molar-refractivity contribution is 5.97. The van der Waals surface area contributed by atoms with Gasteiger partial charge in [0.25, 0.3) is 0 Å². The van der Waals surface area contributed by atoms with Crippen molar-refractivity contribution in [1.29, 1.82) is 0 Å². The van der Waals surface area contributed by atoms with Gasteiger partial charge in [-0.25, -0.2) is 0 Å². The summed E-state index contributed by atoms with van der Waals surface area (Å²) in [5, 5.41) is 0. The van der Waals surface area contributed by atoms with E-state index < -0.39 is 0 Å². The molecule has 0 atom stereocenters. The molecule has 0 unspecified atom stereocenters. The summed E-state index contributed by atoms with van der Waals surface area (Å²) >= 11 is 0. The van der Waals surface area contributed by atoms with E-state index in [1.165, 1.54) is 0 Å². The average molecular weight is 179 g/mol. The Kier molecular flexibility index (Phi) is 3.58. The molecule has 0 saturated heterocycles. The van der Waals surface area contributed by atoms with Crippen molar-refractivity contribution < 1.29 is 9.53 Å². The number of aromatic nitrogens is 1. The third-order valence-electron chi connectivity index (χ3n) is 1.87. The van der Waals surface area contributed by atoms with Gasteiger partial charge >= 0.3 is 0 Å². The maximum atomic E-state index is 11.5. The lowest BCUT2D eigenvalue weighted by molar-refractivity contribution is 0.0931. The van der Waals surface area contributed by atoms with Crippen molar-refractivity contribution in [3.63, 3.8) is 0 Å². The molecule has 0 aliphatic carbocycles. The SMILES string of the molecule is COCCC(=O)c1cnccc1C. The van der Waals surface area contributed by atoms with Gasteiger partial charge < -0.3 is 4.74 Å². The summed E-state index contributed by atoms with van der Waals surface area (Å²) in [6, 6.07) is 1.83. The van der Waals surface area contributed by atoms with Crippen molar-refractivity contribution >= 4 is 5.78 Å². The van der Waals surface area contributed by atoms with Crippen molar-refractivity contribution in [3.8, 4) is 0 Å².